The molecule has 0 saturated carbocycles. The van der Waals surface area contributed by atoms with E-state index in [-0.39, 0.29) is 11.3 Å². The van der Waals surface area contributed by atoms with E-state index < -0.39 is 0 Å². The van der Waals surface area contributed by atoms with Gasteiger partial charge in [-0.25, -0.2) is 14.6 Å². The first-order valence-electron chi connectivity index (χ1n) is 7.27. The normalized spacial score (nSPS) is 14.2. The Morgan fingerprint density at radius 2 is 2.14 bits per heavy atom. The molecule has 2 aromatic heterocycles. The number of hydrogen-bond acceptors (Lipinski definition) is 6. The molecule has 0 aliphatic carbocycles. The van der Waals surface area contributed by atoms with Crippen molar-refractivity contribution in [1.29, 1.82) is 0 Å². The minimum atomic E-state index is -0.0907. The third-order valence-electron chi connectivity index (χ3n) is 3.63. The molecule has 22 heavy (non-hydrogen) atoms. The maximum absolute atomic E-state index is 12.3. The van der Waals surface area contributed by atoms with Crippen LogP contribution >= 0.6 is 0 Å². The van der Waals surface area contributed by atoms with Crippen LogP contribution in [-0.4, -0.2) is 41.0 Å². The summed E-state index contributed by atoms with van der Waals surface area (Å²) < 4.78 is 1.55. The molecule has 1 amide bonds. The van der Waals surface area contributed by atoms with E-state index in [1.165, 1.54) is 6.33 Å². The summed E-state index contributed by atoms with van der Waals surface area (Å²) in [4.78, 5) is 23.1. The van der Waals surface area contributed by atoms with Crippen molar-refractivity contribution >= 4 is 5.91 Å². The summed E-state index contributed by atoms with van der Waals surface area (Å²) in [5, 5.41) is 10.9. The lowest BCUT2D eigenvalue weighted by Gasteiger charge is -2.16. The molecule has 0 aromatic carbocycles. The monoisotopic (exact) mass is 301 g/mol. The van der Waals surface area contributed by atoms with Crippen molar-refractivity contribution in [3.63, 3.8) is 0 Å². The Labute approximate surface area is 128 Å². The lowest BCUT2D eigenvalue weighted by molar-refractivity contribution is -0.132. The van der Waals surface area contributed by atoms with Gasteiger partial charge in [-0.15, -0.1) is 5.10 Å². The molecule has 0 unspecified atom stereocenters. The Kier molecular flexibility index (Phi) is 3.59. The van der Waals surface area contributed by atoms with E-state index in [1.807, 2.05) is 6.20 Å². The van der Waals surface area contributed by atoms with Crippen molar-refractivity contribution in [1.82, 2.24) is 35.1 Å². The van der Waals surface area contributed by atoms with Crippen molar-refractivity contribution in [3.8, 4) is 0 Å². The van der Waals surface area contributed by atoms with E-state index in [0.717, 1.165) is 17.1 Å². The van der Waals surface area contributed by atoms with Crippen LogP contribution in [0.15, 0.2) is 12.5 Å². The van der Waals surface area contributed by atoms with Crippen LogP contribution in [0.1, 0.15) is 44.3 Å². The van der Waals surface area contributed by atoms with E-state index >= 15 is 0 Å². The van der Waals surface area contributed by atoms with Gasteiger partial charge in [-0.3, -0.25) is 4.79 Å². The fourth-order valence-corrected chi connectivity index (χ4v) is 2.34. The second kappa shape index (κ2) is 5.43. The molecule has 0 saturated heterocycles. The summed E-state index contributed by atoms with van der Waals surface area (Å²) in [6, 6.07) is 0. The third kappa shape index (κ3) is 2.95. The van der Waals surface area contributed by atoms with Gasteiger partial charge in [0.15, 0.2) is 0 Å². The molecule has 0 bridgehead atoms. The Hall–Kier alpha value is -2.38. The minimum absolute atomic E-state index is 0.0748. The van der Waals surface area contributed by atoms with Gasteiger partial charge in [0.25, 0.3) is 0 Å². The van der Waals surface area contributed by atoms with Crippen LogP contribution in [0.25, 0.3) is 0 Å². The van der Waals surface area contributed by atoms with Crippen LogP contribution in [0.3, 0.4) is 0 Å². The average molecular weight is 301 g/mol. The molecule has 0 radical (unpaired) electrons. The number of hydrogen-bond donors (Lipinski definition) is 0. The van der Waals surface area contributed by atoms with Gasteiger partial charge < -0.3 is 4.90 Å². The van der Waals surface area contributed by atoms with Crippen LogP contribution in [0.4, 0.5) is 0 Å². The maximum atomic E-state index is 12.3. The van der Waals surface area contributed by atoms with E-state index in [2.05, 4.69) is 46.3 Å². The molecule has 1 aliphatic heterocycles. The highest BCUT2D eigenvalue weighted by Crippen LogP contribution is 2.24. The molecule has 0 atom stereocenters. The molecule has 1 aliphatic rings. The van der Waals surface area contributed by atoms with Crippen molar-refractivity contribution < 1.29 is 4.79 Å². The van der Waals surface area contributed by atoms with Crippen LogP contribution in [0, 0.1) is 0 Å². The first-order valence-corrected chi connectivity index (χ1v) is 7.27. The molecular weight excluding hydrogens is 282 g/mol. The fourth-order valence-electron chi connectivity index (χ4n) is 2.34. The molecule has 0 spiro atoms. The molecule has 8 heteroatoms. The predicted molar refractivity (Wildman–Crippen MR) is 77.4 cm³/mol. The van der Waals surface area contributed by atoms with Crippen molar-refractivity contribution in [3.05, 3.63) is 29.6 Å². The number of carbonyl (C=O) groups excluding carboxylic acids is 1. The lowest BCUT2D eigenvalue weighted by atomic mass is 9.95. The number of amides is 1. The van der Waals surface area contributed by atoms with Gasteiger partial charge in [-0.1, -0.05) is 20.8 Å². The number of tetrazole rings is 1. The highest BCUT2D eigenvalue weighted by atomic mass is 16.2. The quantitative estimate of drug-likeness (QED) is 0.828. The van der Waals surface area contributed by atoms with Crippen LogP contribution in [0.2, 0.25) is 0 Å². The average Bonchev–Trinajstić information content (AvgIpc) is 3.11. The Balaban J connectivity index is 1.65. The Bertz CT molecular complexity index is 675. The summed E-state index contributed by atoms with van der Waals surface area (Å²) in [6.45, 7) is 7.86. The zero-order valence-corrected chi connectivity index (χ0v) is 13.0. The first-order chi connectivity index (χ1) is 10.4. The molecule has 0 N–H and O–H groups in total. The molecular formula is C14H19N7O. The predicted octanol–water partition coefficient (Wildman–Crippen LogP) is 0.693. The zero-order chi connectivity index (χ0) is 15.7. The zero-order valence-electron chi connectivity index (χ0n) is 13.0. The second-order valence-corrected chi connectivity index (χ2v) is 6.49. The molecule has 2 aromatic rings. The molecule has 8 nitrogen and oxygen atoms in total. The summed E-state index contributed by atoms with van der Waals surface area (Å²) in [7, 11) is 0. The van der Waals surface area contributed by atoms with Gasteiger partial charge in [0.2, 0.25) is 5.91 Å². The summed E-state index contributed by atoms with van der Waals surface area (Å²) in [6.07, 6.45) is 3.73. The van der Waals surface area contributed by atoms with E-state index in [0.29, 0.717) is 26.1 Å². The number of carbonyl (C=O) groups is 1. The minimum Gasteiger partial charge on any atom is -0.332 e. The largest absolute Gasteiger partial charge is 0.332 e. The maximum Gasteiger partial charge on any atom is 0.225 e. The van der Waals surface area contributed by atoms with Crippen LogP contribution in [0.5, 0.6) is 0 Å². The van der Waals surface area contributed by atoms with Crippen molar-refractivity contribution in [2.75, 3.05) is 0 Å². The molecule has 0 fully saturated rings. The highest BCUT2D eigenvalue weighted by molar-refractivity contribution is 5.76. The van der Waals surface area contributed by atoms with Crippen LogP contribution in [-0.2, 0) is 29.8 Å². The summed E-state index contributed by atoms with van der Waals surface area (Å²) >= 11 is 0. The number of aromatic nitrogens is 6. The molecule has 3 rings (SSSR count). The Morgan fingerprint density at radius 1 is 1.32 bits per heavy atom. The topological polar surface area (TPSA) is 89.7 Å². The fraction of sp³-hybridized carbons (Fsp3) is 0.571. The summed E-state index contributed by atoms with van der Waals surface area (Å²) in [5.41, 5.74) is 1.89. The van der Waals surface area contributed by atoms with Gasteiger partial charge in [0.05, 0.1) is 18.8 Å². The van der Waals surface area contributed by atoms with Gasteiger partial charge in [0, 0.05) is 30.1 Å². The highest BCUT2D eigenvalue weighted by Gasteiger charge is 2.27. The SMILES string of the molecule is CC(C)(C)c1ncc2c(n1)CN(C(=O)CCn1cnnn1)C2. The Morgan fingerprint density at radius 3 is 2.82 bits per heavy atom. The standard InChI is InChI=1S/C14H19N7O/c1-14(2,3)13-15-6-10-7-20(8-11(10)17-13)12(22)4-5-21-9-16-18-19-21/h6,9H,4-5,7-8H2,1-3H3. The third-order valence-corrected chi connectivity index (χ3v) is 3.63. The molecule has 116 valence electrons. The van der Waals surface area contributed by atoms with Gasteiger partial charge in [0.1, 0.15) is 12.2 Å². The number of aryl methyl sites for hydroxylation is 1. The second-order valence-electron chi connectivity index (χ2n) is 6.49. The van der Waals surface area contributed by atoms with E-state index in [1.54, 1.807) is 9.58 Å². The summed E-state index contributed by atoms with van der Waals surface area (Å²) in [5.74, 6) is 0.889. The van der Waals surface area contributed by atoms with Crippen molar-refractivity contribution in [2.45, 2.75) is 52.2 Å². The first kappa shape index (κ1) is 14.6. The van der Waals surface area contributed by atoms with Crippen LogP contribution < -0.4 is 0 Å². The van der Waals surface area contributed by atoms with Gasteiger partial charge >= 0.3 is 0 Å². The molecule has 3 heterocycles. The van der Waals surface area contributed by atoms with E-state index in [9.17, 15) is 4.79 Å². The number of fused-ring (bicyclic) bond motifs is 1. The number of rotatable bonds is 3. The number of nitrogens with zero attached hydrogens (tertiary/aromatic N) is 7. The lowest BCUT2D eigenvalue weighted by Crippen LogP contribution is -2.26. The van der Waals surface area contributed by atoms with Gasteiger partial charge in [-0.05, 0) is 10.4 Å². The van der Waals surface area contributed by atoms with E-state index in [4.69, 9.17) is 0 Å². The smallest absolute Gasteiger partial charge is 0.225 e. The van der Waals surface area contributed by atoms with Gasteiger partial charge in [-0.2, -0.15) is 0 Å². The van der Waals surface area contributed by atoms with Crippen molar-refractivity contribution in [2.24, 2.45) is 0 Å².